The molecule has 1 saturated heterocycles. The molecule has 0 radical (unpaired) electrons. The number of likely N-dealkylation sites (N-methyl/N-ethyl adjacent to an activating group) is 1. The monoisotopic (exact) mass is 477 g/mol. The van der Waals surface area contributed by atoms with Crippen molar-refractivity contribution in [2.75, 3.05) is 51.1 Å². The van der Waals surface area contributed by atoms with Gasteiger partial charge in [0.2, 0.25) is 15.9 Å². The van der Waals surface area contributed by atoms with Crippen LogP contribution in [0.15, 0.2) is 47.4 Å². The van der Waals surface area contributed by atoms with E-state index in [1.165, 1.54) is 16.4 Å². The molecule has 1 fully saturated rings. The van der Waals surface area contributed by atoms with Gasteiger partial charge in [-0.3, -0.25) is 4.79 Å². The van der Waals surface area contributed by atoms with Crippen LogP contribution < -0.4 is 19.7 Å². The molecular formula is C23H31N3O6S. The van der Waals surface area contributed by atoms with Crippen molar-refractivity contribution in [1.29, 1.82) is 0 Å². The van der Waals surface area contributed by atoms with Crippen molar-refractivity contribution in [1.82, 2.24) is 4.31 Å². The summed E-state index contributed by atoms with van der Waals surface area (Å²) < 4.78 is 43.6. The van der Waals surface area contributed by atoms with Gasteiger partial charge in [0.25, 0.3) is 0 Å². The summed E-state index contributed by atoms with van der Waals surface area (Å²) in [6, 6.07) is 11.6. The van der Waals surface area contributed by atoms with Crippen molar-refractivity contribution in [2.24, 2.45) is 0 Å². The van der Waals surface area contributed by atoms with Crippen LogP contribution in [0.25, 0.3) is 0 Å². The van der Waals surface area contributed by atoms with Gasteiger partial charge in [-0.2, -0.15) is 4.31 Å². The van der Waals surface area contributed by atoms with Crippen molar-refractivity contribution in [3.63, 3.8) is 0 Å². The summed E-state index contributed by atoms with van der Waals surface area (Å²) in [5.41, 5.74) is 1.31. The average Bonchev–Trinajstić information content (AvgIpc) is 2.78. The van der Waals surface area contributed by atoms with Gasteiger partial charge in [0.15, 0.2) is 11.5 Å². The standard InChI is InChI=1S/C23H31N3O6S/c1-16-13-26(14-17(2)32-16)33(28,29)20-9-6-18(7-10-20)24-23(27)15-25(3)19-8-11-21(30-4)22(12-19)31-5/h6-12,16-17H,13-15H2,1-5H3,(H,24,27). The predicted octanol–water partition coefficient (Wildman–Crippen LogP) is 2.58. The van der Waals surface area contributed by atoms with Crippen LogP contribution in [-0.2, 0) is 19.6 Å². The topological polar surface area (TPSA) is 97.4 Å². The number of sulfonamides is 1. The van der Waals surface area contributed by atoms with Gasteiger partial charge in [0, 0.05) is 37.6 Å². The first kappa shape index (κ1) is 24.8. The number of morpholine rings is 1. The highest BCUT2D eigenvalue weighted by molar-refractivity contribution is 7.89. The zero-order chi connectivity index (χ0) is 24.2. The van der Waals surface area contributed by atoms with Crippen molar-refractivity contribution < 1.29 is 27.4 Å². The zero-order valence-corrected chi connectivity index (χ0v) is 20.4. The van der Waals surface area contributed by atoms with Crippen molar-refractivity contribution in [2.45, 2.75) is 31.0 Å². The summed E-state index contributed by atoms with van der Waals surface area (Å²) in [4.78, 5) is 14.5. The highest BCUT2D eigenvalue weighted by Crippen LogP contribution is 2.31. The van der Waals surface area contributed by atoms with Crippen LogP contribution in [0.3, 0.4) is 0 Å². The van der Waals surface area contributed by atoms with Crippen LogP contribution in [0.4, 0.5) is 11.4 Å². The second kappa shape index (κ2) is 10.4. The van der Waals surface area contributed by atoms with Crippen LogP contribution in [-0.4, -0.2) is 71.7 Å². The second-order valence-electron chi connectivity index (χ2n) is 8.05. The van der Waals surface area contributed by atoms with E-state index in [0.29, 0.717) is 30.3 Å². The predicted molar refractivity (Wildman–Crippen MR) is 127 cm³/mol. The first-order valence-electron chi connectivity index (χ1n) is 10.6. The molecule has 10 heteroatoms. The summed E-state index contributed by atoms with van der Waals surface area (Å²) >= 11 is 0. The molecule has 1 aliphatic heterocycles. The maximum absolute atomic E-state index is 13.0. The third-order valence-corrected chi connectivity index (χ3v) is 7.20. The molecule has 33 heavy (non-hydrogen) atoms. The molecule has 2 atom stereocenters. The second-order valence-corrected chi connectivity index (χ2v) is 9.99. The van der Waals surface area contributed by atoms with Crippen molar-refractivity contribution in [3.8, 4) is 11.5 Å². The summed E-state index contributed by atoms with van der Waals surface area (Å²) in [6.07, 6.45) is -0.325. The molecule has 1 heterocycles. The number of anilines is 2. The van der Waals surface area contributed by atoms with Crippen LogP contribution in [0.1, 0.15) is 13.8 Å². The van der Waals surface area contributed by atoms with E-state index in [4.69, 9.17) is 14.2 Å². The van der Waals surface area contributed by atoms with E-state index in [0.717, 1.165) is 5.69 Å². The average molecular weight is 478 g/mol. The SMILES string of the molecule is COc1ccc(N(C)CC(=O)Nc2ccc(S(=O)(=O)N3CC(C)OC(C)C3)cc2)cc1OC. The highest BCUT2D eigenvalue weighted by atomic mass is 32.2. The number of amides is 1. The smallest absolute Gasteiger partial charge is 0.243 e. The van der Waals surface area contributed by atoms with E-state index in [2.05, 4.69) is 5.32 Å². The van der Waals surface area contributed by atoms with Crippen molar-refractivity contribution in [3.05, 3.63) is 42.5 Å². The van der Waals surface area contributed by atoms with Gasteiger partial charge in [-0.25, -0.2) is 8.42 Å². The first-order chi connectivity index (χ1) is 15.6. The number of hydrogen-bond acceptors (Lipinski definition) is 7. The Morgan fingerprint density at radius 1 is 1.06 bits per heavy atom. The summed E-state index contributed by atoms with van der Waals surface area (Å²) in [7, 11) is 1.28. The number of rotatable bonds is 8. The minimum absolute atomic E-state index is 0.0963. The molecule has 180 valence electrons. The van der Waals surface area contributed by atoms with E-state index in [-0.39, 0.29) is 29.6 Å². The number of methoxy groups -OCH3 is 2. The lowest BCUT2D eigenvalue weighted by molar-refractivity contribution is -0.114. The number of hydrogen-bond donors (Lipinski definition) is 1. The lowest BCUT2D eigenvalue weighted by Crippen LogP contribution is -2.48. The van der Waals surface area contributed by atoms with Gasteiger partial charge in [0.1, 0.15) is 0 Å². The van der Waals surface area contributed by atoms with E-state index in [1.54, 1.807) is 50.4 Å². The lowest BCUT2D eigenvalue weighted by Gasteiger charge is -2.34. The Labute approximate surface area is 195 Å². The van der Waals surface area contributed by atoms with E-state index in [9.17, 15) is 13.2 Å². The number of benzene rings is 2. The summed E-state index contributed by atoms with van der Waals surface area (Å²) in [5, 5.41) is 2.80. The normalized spacial score (nSPS) is 19.1. The number of carbonyl (C=O) groups excluding carboxylic acids is 1. The minimum atomic E-state index is -3.63. The number of carbonyl (C=O) groups is 1. The van der Waals surface area contributed by atoms with E-state index in [1.807, 2.05) is 19.9 Å². The fourth-order valence-corrected chi connectivity index (χ4v) is 5.35. The Bertz CT molecular complexity index is 1060. The maximum Gasteiger partial charge on any atom is 0.243 e. The molecule has 2 aromatic carbocycles. The van der Waals surface area contributed by atoms with Crippen LogP contribution >= 0.6 is 0 Å². The van der Waals surface area contributed by atoms with Gasteiger partial charge in [0.05, 0.1) is 37.9 Å². The molecule has 2 unspecified atom stereocenters. The molecule has 0 saturated carbocycles. The highest BCUT2D eigenvalue weighted by Gasteiger charge is 2.32. The molecule has 1 aliphatic rings. The molecule has 1 N–H and O–H groups in total. The molecule has 2 aromatic rings. The minimum Gasteiger partial charge on any atom is -0.493 e. The first-order valence-corrected chi connectivity index (χ1v) is 12.1. The zero-order valence-electron chi connectivity index (χ0n) is 19.6. The molecule has 9 nitrogen and oxygen atoms in total. The molecule has 3 rings (SSSR count). The van der Waals surface area contributed by atoms with Gasteiger partial charge < -0.3 is 24.4 Å². The molecule has 1 amide bonds. The summed E-state index contributed by atoms with van der Waals surface area (Å²) in [5.74, 6) is 0.942. The van der Waals surface area contributed by atoms with Crippen LogP contribution in [0.5, 0.6) is 11.5 Å². The number of ether oxygens (including phenoxy) is 3. The van der Waals surface area contributed by atoms with Crippen LogP contribution in [0, 0.1) is 0 Å². The van der Waals surface area contributed by atoms with Gasteiger partial charge in [-0.1, -0.05) is 0 Å². The molecule has 0 aliphatic carbocycles. The molecular weight excluding hydrogens is 446 g/mol. The Hall–Kier alpha value is -2.82. The third kappa shape index (κ3) is 5.95. The van der Waals surface area contributed by atoms with E-state index >= 15 is 0 Å². The molecule has 0 spiro atoms. The Morgan fingerprint density at radius 3 is 2.24 bits per heavy atom. The van der Waals surface area contributed by atoms with Gasteiger partial charge in [-0.05, 0) is 50.2 Å². The molecule has 0 aromatic heterocycles. The van der Waals surface area contributed by atoms with Crippen LogP contribution in [0.2, 0.25) is 0 Å². The maximum atomic E-state index is 13.0. The largest absolute Gasteiger partial charge is 0.493 e. The summed E-state index contributed by atoms with van der Waals surface area (Å²) in [6.45, 7) is 4.44. The van der Waals surface area contributed by atoms with Gasteiger partial charge in [-0.15, -0.1) is 0 Å². The molecule has 0 bridgehead atoms. The third-order valence-electron chi connectivity index (χ3n) is 5.35. The Kier molecular flexibility index (Phi) is 7.83. The van der Waals surface area contributed by atoms with Crippen molar-refractivity contribution >= 4 is 27.3 Å². The Morgan fingerprint density at radius 2 is 1.67 bits per heavy atom. The van der Waals surface area contributed by atoms with Gasteiger partial charge >= 0.3 is 0 Å². The Balaban J connectivity index is 1.63. The number of nitrogens with zero attached hydrogens (tertiary/aromatic N) is 2. The van der Waals surface area contributed by atoms with E-state index < -0.39 is 10.0 Å². The fourth-order valence-electron chi connectivity index (χ4n) is 3.76. The number of nitrogens with one attached hydrogen (secondary N) is 1. The quantitative estimate of drug-likeness (QED) is 0.624. The lowest BCUT2D eigenvalue weighted by atomic mass is 10.2. The fraction of sp³-hybridized carbons (Fsp3) is 0.435.